The summed E-state index contributed by atoms with van der Waals surface area (Å²) >= 11 is 0. The van der Waals surface area contributed by atoms with Crippen molar-refractivity contribution in [1.82, 2.24) is 15.3 Å². The van der Waals surface area contributed by atoms with Crippen molar-refractivity contribution in [2.45, 2.75) is 6.61 Å². The van der Waals surface area contributed by atoms with Crippen LogP contribution in [0.5, 0.6) is 5.88 Å². The SMILES string of the molecule is Cn1nc(OC(F)F)cc1NNN. The summed E-state index contributed by atoms with van der Waals surface area (Å²) in [5, 5.41) is 3.63. The normalized spacial score (nSPS) is 10.5. The molecule has 0 spiro atoms. The zero-order valence-electron chi connectivity index (χ0n) is 6.79. The minimum Gasteiger partial charge on any atom is -0.415 e. The first-order valence-corrected chi connectivity index (χ1v) is 3.34. The Kier molecular flexibility index (Phi) is 2.98. The summed E-state index contributed by atoms with van der Waals surface area (Å²) in [6.45, 7) is -2.88. The predicted molar refractivity (Wildman–Crippen MR) is 40.8 cm³/mol. The predicted octanol–water partition coefficient (Wildman–Crippen LogP) is -0.188. The van der Waals surface area contributed by atoms with Crippen LogP contribution in [0.4, 0.5) is 14.6 Å². The zero-order valence-corrected chi connectivity index (χ0v) is 6.79. The van der Waals surface area contributed by atoms with Crippen molar-refractivity contribution < 1.29 is 13.5 Å². The number of hydrogen-bond donors (Lipinski definition) is 3. The fraction of sp³-hybridized carbons (Fsp3) is 0.400. The van der Waals surface area contributed by atoms with E-state index in [-0.39, 0.29) is 5.88 Å². The van der Waals surface area contributed by atoms with Crippen molar-refractivity contribution in [3.05, 3.63) is 6.07 Å². The highest BCUT2D eigenvalue weighted by molar-refractivity contribution is 5.37. The number of nitrogens with one attached hydrogen (secondary N) is 2. The molecule has 6 nitrogen and oxygen atoms in total. The Morgan fingerprint density at radius 2 is 2.38 bits per heavy atom. The smallest absolute Gasteiger partial charge is 0.388 e. The first-order valence-electron chi connectivity index (χ1n) is 3.34. The molecule has 1 aromatic rings. The Bertz CT molecular complexity index is 276. The third kappa shape index (κ3) is 2.53. The van der Waals surface area contributed by atoms with Crippen LogP contribution < -0.4 is 21.5 Å². The third-order valence-corrected chi connectivity index (χ3v) is 1.27. The van der Waals surface area contributed by atoms with E-state index in [0.717, 1.165) is 0 Å². The molecular formula is C5H9F2N5O. The third-order valence-electron chi connectivity index (χ3n) is 1.27. The molecule has 0 atom stereocenters. The van der Waals surface area contributed by atoms with E-state index in [1.54, 1.807) is 7.05 Å². The van der Waals surface area contributed by atoms with Gasteiger partial charge in [0, 0.05) is 13.1 Å². The van der Waals surface area contributed by atoms with Crippen molar-refractivity contribution >= 4 is 5.82 Å². The molecule has 0 unspecified atom stereocenters. The Morgan fingerprint density at radius 1 is 1.69 bits per heavy atom. The van der Waals surface area contributed by atoms with E-state index >= 15 is 0 Å². The van der Waals surface area contributed by atoms with Crippen molar-refractivity contribution in [3.63, 3.8) is 0 Å². The van der Waals surface area contributed by atoms with Gasteiger partial charge in [-0.3, -0.25) is 11.3 Å². The van der Waals surface area contributed by atoms with E-state index in [4.69, 9.17) is 5.84 Å². The van der Waals surface area contributed by atoms with Gasteiger partial charge in [0.2, 0.25) is 5.88 Å². The maximum atomic E-state index is 11.7. The fourth-order valence-electron chi connectivity index (χ4n) is 0.781. The van der Waals surface area contributed by atoms with E-state index in [9.17, 15) is 8.78 Å². The quantitative estimate of drug-likeness (QED) is 0.456. The molecule has 0 aromatic carbocycles. The van der Waals surface area contributed by atoms with Gasteiger partial charge >= 0.3 is 6.61 Å². The number of aromatic nitrogens is 2. The number of nitrogens with zero attached hydrogens (tertiary/aromatic N) is 2. The van der Waals surface area contributed by atoms with Gasteiger partial charge in [-0.25, -0.2) is 4.68 Å². The molecule has 0 bridgehead atoms. The Morgan fingerprint density at radius 3 is 2.92 bits per heavy atom. The largest absolute Gasteiger partial charge is 0.415 e. The average Bonchev–Trinajstić information content (AvgIpc) is 2.31. The van der Waals surface area contributed by atoms with Gasteiger partial charge in [-0.1, -0.05) is 0 Å². The summed E-state index contributed by atoms with van der Waals surface area (Å²) in [7, 11) is 1.55. The van der Waals surface area contributed by atoms with Gasteiger partial charge in [-0.05, 0) is 0 Å². The average molecular weight is 193 g/mol. The summed E-state index contributed by atoms with van der Waals surface area (Å²) in [5.41, 5.74) is 4.61. The highest BCUT2D eigenvalue weighted by Gasteiger charge is 2.09. The van der Waals surface area contributed by atoms with Crippen LogP contribution in [0.15, 0.2) is 6.07 Å². The fourth-order valence-corrected chi connectivity index (χ4v) is 0.781. The lowest BCUT2D eigenvalue weighted by molar-refractivity contribution is -0.0531. The molecule has 74 valence electrons. The number of aryl methyl sites for hydroxylation is 1. The van der Waals surface area contributed by atoms with E-state index in [2.05, 4.69) is 20.8 Å². The number of rotatable bonds is 4. The minimum absolute atomic E-state index is 0.171. The maximum Gasteiger partial charge on any atom is 0.388 e. The molecule has 0 fully saturated rings. The van der Waals surface area contributed by atoms with Crippen LogP contribution in [0, 0.1) is 0 Å². The van der Waals surface area contributed by atoms with E-state index in [1.807, 2.05) is 0 Å². The number of nitrogens with two attached hydrogens (primary N) is 1. The lowest BCUT2D eigenvalue weighted by Gasteiger charge is -2.00. The van der Waals surface area contributed by atoms with Gasteiger partial charge < -0.3 is 4.74 Å². The van der Waals surface area contributed by atoms with Gasteiger partial charge in [0.25, 0.3) is 0 Å². The molecule has 8 heteroatoms. The molecule has 0 radical (unpaired) electrons. The van der Waals surface area contributed by atoms with Crippen molar-refractivity contribution in [2.24, 2.45) is 12.9 Å². The Balaban J connectivity index is 2.70. The second-order valence-electron chi connectivity index (χ2n) is 2.14. The van der Waals surface area contributed by atoms with Crippen LogP contribution in [0.25, 0.3) is 0 Å². The summed E-state index contributed by atoms with van der Waals surface area (Å²) in [5.74, 6) is 5.19. The van der Waals surface area contributed by atoms with Crippen molar-refractivity contribution in [1.29, 1.82) is 0 Å². The molecule has 0 aliphatic heterocycles. The molecule has 0 aliphatic rings. The molecular weight excluding hydrogens is 184 g/mol. The van der Waals surface area contributed by atoms with Gasteiger partial charge in [-0.15, -0.1) is 5.10 Å². The van der Waals surface area contributed by atoms with E-state index in [0.29, 0.717) is 5.82 Å². The Labute approximate surface area is 72.6 Å². The van der Waals surface area contributed by atoms with Gasteiger partial charge in [0.05, 0.1) is 0 Å². The van der Waals surface area contributed by atoms with Gasteiger partial charge in [0.15, 0.2) is 0 Å². The molecule has 4 N–H and O–H groups in total. The van der Waals surface area contributed by atoms with E-state index < -0.39 is 6.61 Å². The van der Waals surface area contributed by atoms with Crippen LogP contribution in [0.2, 0.25) is 0 Å². The molecule has 0 saturated heterocycles. The highest BCUT2D eigenvalue weighted by Crippen LogP contribution is 2.16. The molecule has 1 rings (SSSR count). The molecule has 1 aromatic heterocycles. The molecule has 0 aliphatic carbocycles. The molecule has 0 saturated carbocycles. The van der Waals surface area contributed by atoms with Crippen LogP contribution in [0.3, 0.4) is 0 Å². The molecule has 0 amide bonds. The minimum atomic E-state index is -2.88. The summed E-state index contributed by atoms with van der Waals surface area (Å²) in [6, 6.07) is 1.28. The monoisotopic (exact) mass is 193 g/mol. The lowest BCUT2D eigenvalue weighted by Crippen LogP contribution is -2.29. The highest BCUT2D eigenvalue weighted by atomic mass is 19.3. The van der Waals surface area contributed by atoms with Crippen molar-refractivity contribution in [2.75, 3.05) is 5.43 Å². The second-order valence-corrected chi connectivity index (χ2v) is 2.14. The van der Waals surface area contributed by atoms with Crippen LogP contribution in [0.1, 0.15) is 0 Å². The standard InChI is InChI=1S/C5H9F2N5O/c1-12-3(9-11-8)2-4(10-12)13-5(6)7/h2,5,9,11H,8H2,1H3. The lowest BCUT2D eigenvalue weighted by atomic mass is 10.6. The van der Waals surface area contributed by atoms with Crippen LogP contribution in [-0.4, -0.2) is 16.4 Å². The number of alkyl halides is 2. The molecule has 1 heterocycles. The molecule has 13 heavy (non-hydrogen) atoms. The first kappa shape index (κ1) is 9.68. The number of halogens is 2. The maximum absolute atomic E-state index is 11.7. The number of hydrogen-bond acceptors (Lipinski definition) is 5. The number of ether oxygens (including phenoxy) is 1. The van der Waals surface area contributed by atoms with Crippen LogP contribution in [-0.2, 0) is 7.05 Å². The van der Waals surface area contributed by atoms with E-state index in [1.165, 1.54) is 10.7 Å². The first-order chi connectivity index (χ1) is 6.13. The van der Waals surface area contributed by atoms with Gasteiger partial charge in [0.1, 0.15) is 5.82 Å². The van der Waals surface area contributed by atoms with Crippen molar-refractivity contribution in [3.8, 4) is 5.88 Å². The summed E-state index contributed by atoms with van der Waals surface area (Å²) in [6.07, 6.45) is 0. The van der Waals surface area contributed by atoms with Crippen LogP contribution >= 0.6 is 0 Å². The zero-order chi connectivity index (χ0) is 9.84. The number of anilines is 1. The number of hydrazine groups is 2. The topological polar surface area (TPSA) is 77.1 Å². The Hall–Kier alpha value is -1.41. The summed E-state index contributed by atoms with van der Waals surface area (Å²) in [4.78, 5) is 0. The summed E-state index contributed by atoms with van der Waals surface area (Å²) < 4.78 is 28.8. The second kappa shape index (κ2) is 4.01. The van der Waals surface area contributed by atoms with Gasteiger partial charge in [-0.2, -0.15) is 14.3 Å².